The number of rotatable bonds is 4. The second-order valence-electron chi connectivity index (χ2n) is 4.73. The molecule has 0 N–H and O–H groups in total. The first-order chi connectivity index (χ1) is 9.63. The fraction of sp³-hybridized carbons (Fsp3) is 0.500. The van der Waals surface area contributed by atoms with Crippen LogP contribution in [0.5, 0.6) is 0 Å². The average molecular weight is 278 g/mol. The Balaban J connectivity index is 2.14. The largest absolute Gasteiger partial charge is 0.464 e. The SMILES string of the molecule is COC(=O)c1noc(C)c1C(=O)/C=C/N1CCCCC1. The Morgan fingerprint density at radius 3 is 2.65 bits per heavy atom. The lowest BCUT2D eigenvalue weighted by Gasteiger charge is -2.24. The molecule has 6 heteroatoms. The van der Waals surface area contributed by atoms with Gasteiger partial charge < -0.3 is 14.2 Å². The van der Waals surface area contributed by atoms with Crippen LogP contribution in [0.15, 0.2) is 16.8 Å². The molecule has 2 rings (SSSR count). The zero-order valence-electron chi connectivity index (χ0n) is 11.7. The van der Waals surface area contributed by atoms with E-state index in [-0.39, 0.29) is 17.0 Å². The van der Waals surface area contributed by atoms with Gasteiger partial charge in [0.2, 0.25) is 5.69 Å². The van der Waals surface area contributed by atoms with Crippen molar-refractivity contribution in [2.75, 3.05) is 20.2 Å². The van der Waals surface area contributed by atoms with Crippen LogP contribution in [0.4, 0.5) is 0 Å². The molecule has 0 unspecified atom stereocenters. The van der Waals surface area contributed by atoms with Crippen LogP contribution in [0.1, 0.15) is 45.9 Å². The van der Waals surface area contributed by atoms with Gasteiger partial charge in [0, 0.05) is 25.4 Å². The first-order valence-corrected chi connectivity index (χ1v) is 6.64. The summed E-state index contributed by atoms with van der Waals surface area (Å²) >= 11 is 0. The van der Waals surface area contributed by atoms with Gasteiger partial charge in [0.25, 0.3) is 0 Å². The average Bonchev–Trinajstić information content (AvgIpc) is 2.87. The van der Waals surface area contributed by atoms with E-state index in [1.165, 1.54) is 19.6 Å². The molecule has 1 aliphatic heterocycles. The van der Waals surface area contributed by atoms with Crippen LogP contribution >= 0.6 is 0 Å². The molecule has 0 aliphatic carbocycles. The Bertz CT molecular complexity index is 527. The minimum absolute atomic E-state index is 0.0710. The lowest BCUT2D eigenvalue weighted by molar-refractivity contribution is 0.0586. The molecule has 108 valence electrons. The fourth-order valence-corrected chi connectivity index (χ4v) is 2.22. The van der Waals surface area contributed by atoms with Crippen LogP contribution in [0.25, 0.3) is 0 Å². The molecule has 0 spiro atoms. The van der Waals surface area contributed by atoms with E-state index in [0.717, 1.165) is 25.9 Å². The van der Waals surface area contributed by atoms with Crippen molar-refractivity contribution in [2.24, 2.45) is 0 Å². The van der Waals surface area contributed by atoms with Gasteiger partial charge in [-0.1, -0.05) is 5.16 Å². The molecule has 0 saturated carbocycles. The van der Waals surface area contributed by atoms with Gasteiger partial charge in [0.15, 0.2) is 5.78 Å². The van der Waals surface area contributed by atoms with E-state index in [4.69, 9.17) is 4.52 Å². The number of ketones is 1. The van der Waals surface area contributed by atoms with E-state index in [0.29, 0.717) is 5.76 Å². The number of aryl methyl sites for hydroxylation is 1. The van der Waals surface area contributed by atoms with Gasteiger partial charge in [-0.3, -0.25) is 4.79 Å². The van der Waals surface area contributed by atoms with Crippen molar-refractivity contribution in [3.63, 3.8) is 0 Å². The Morgan fingerprint density at radius 2 is 2.00 bits per heavy atom. The first kappa shape index (κ1) is 14.3. The number of methoxy groups -OCH3 is 1. The summed E-state index contributed by atoms with van der Waals surface area (Å²) in [5.74, 6) is -0.648. The summed E-state index contributed by atoms with van der Waals surface area (Å²) in [5, 5.41) is 3.58. The van der Waals surface area contributed by atoms with Crippen LogP contribution in [-0.2, 0) is 4.74 Å². The number of hydrogen-bond acceptors (Lipinski definition) is 6. The van der Waals surface area contributed by atoms with Gasteiger partial charge in [-0.2, -0.15) is 0 Å². The summed E-state index contributed by atoms with van der Waals surface area (Å²) < 4.78 is 9.50. The van der Waals surface area contributed by atoms with Crippen LogP contribution in [0, 0.1) is 6.92 Å². The summed E-state index contributed by atoms with van der Waals surface area (Å²) in [6.07, 6.45) is 6.73. The monoisotopic (exact) mass is 278 g/mol. The number of esters is 1. The molecule has 1 aromatic rings. The van der Waals surface area contributed by atoms with Gasteiger partial charge in [-0.15, -0.1) is 0 Å². The maximum atomic E-state index is 12.2. The highest BCUT2D eigenvalue weighted by Gasteiger charge is 2.24. The molecular weight excluding hydrogens is 260 g/mol. The van der Waals surface area contributed by atoms with Crippen molar-refractivity contribution in [1.82, 2.24) is 10.1 Å². The predicted octanol–water partition coefficient (Wildman–Crippen LogP) is 1.95. The highest BCUT2D eigenvalue weighted by Crippen LogP contribution is 2.16. The van der Waals surface area contributed by atoms with Gasteiger partial charge in [0.05, 0.1) is 12.7 Å². The number of hydrogen-bond donors (Lipinski definition) is 0. The number of aromatic nitrogens is 1. The Morgan fingerprint density at radius 1 is 1.30 bits per heavy atom. The summed E-state index contributed by atoms with van der Waals surface area (Å²) in [6.45, 7) is 3.51. The second kappa shape index (κ2) is 6.36. The molecule has 1 aromatic heterocycles. The molecule has 0 bridgehead atoms. The maximum Gasteiger partial charge on any atom is 0.361 e. The number of ether oxygens (including phenoxy) is 1. The fourth-order valence-electron chi connectivity index (χ4n) is 2.22. The molecule has 0 radical (unpaired) electrons. The minimum atomic E-state index is -0.670. The molecule has 1 saturated heterocycles. The third-order valence-electron chi connectivity index (χ3n) is 3.32. The molecule has 0 atom stereocenters. The third-order valence-corrected chi connectivity index (χ3v) is 3.32. The zero-order chi connectivity index (χ0) is 14.5. The first-order valence-electron chi connectivity index (χ1n) is 6.64. The van der Waals surface area contributed by atoms with Crippen LogP contribution < -0.4 is 0 Å². The highest BCUT2D eigenvalue weighted by molar-refractivity contribution is 6.11. The van der Waals surface area contributed by atoms with Crippen LogP contribution in [-0.4, -0.2) is 42.0 Å². The van der Waals surface area contributed by atoms with Gasteiger partial charge in [-0.05, 0) is 26.2 Å². The summed E-state index contributed by atoms with van der Waals surface area (Å²) in [5.41, 5.74) is 0.100. The lowest BCUT2D eigenvalue weighted by atomic mass is 10.1. The standard InChI is InChI=1S/C14H18N2O4/c1-10-12(13(15-20-10)14(18)19-2)11(17)6-9-16-7-4-3-5-8-16/h6,9H,3-5,7-8H2,1-2H3/b9-6+. The molecule has 2 heterocycles. The van der Waals surface area contributed by atoms with Gasteiger partial charge in [-0.25, -0.2) is 4.79 Å². The molecule has 6 nitrogen and oxygen atoms in total. The molecular formula is C14H18N2O4. The van der Waals surface area contributed by atoms with E-state index in [9.17, 15) is 9.59 Å². The Hall–Kier alpha value is -2.11. The van der Waals surface area contributed by atoms with Gasteiger partial charge in [0.1, 0.15) is 5.76 Å². The maximum absolute atomic E-state index is 12.2. The van der Waals surface area contributed by atoms with E-state index in [1.807, 2.05) is 0 Å². The van der Waals surface area contributed by atoms with Gasteiger partial charge >= 0.3 is 5.97 Å². The third kappa shape index (κ3) is 3.07. The molecule has 0 aromatic carbocycles. The van der Waals surface area contributed by atoms with Crippen molar-refractivity contribution in [1.29, 1.82) is 0 Å². The van der Waals surface area contributed by atoms with Crippen molar-refractivity contribution in [2.45, 2.75) is 26.2 Å². The Kier molecular flexibility index (Phi) is 4.55. The smallest absolute Gasteiger partial charge is 0.361 e. The number of nitrogens with zero attached hydrogens (tertiary/aromatic N) is 2. The van der Waals surface area contributed by atoms with E-state index in [2.05, 4.69) is 14.8 Å². The number of likely N-dealkylation sites (tertiary alicyclic amines) is 1. The van der Waals surface area contributed by atoms with Crippen molar-refractivity contribution in [3.8, 4) is 0 Å². The van der Waals surface area contributed by atoms with Crippen molar-refractivity contribution < 1.29 is 18.8 Å². The summed E-state index contributed by atoms with van der Waals surface area (Å²) in [6, 6.07) is 0. The topological polar surface area (TPSA) is 72.6 Å². The predicted molar refractivity (Wildman–Crippen MR) is 71.5 cm³/mol. The Labute approximate surface area is 117 Å². The van der Waals surface area contributed by atoms with E-state index < -0.39 is 5.97 Å². The second-order valence-corrected chi connectivity index (χ2v) is 4.73. The lowest BCUT2D eigenvalue weighted by Crippen LogP contribution is -2.24. The molecule has 0 amide bonds. The normalized spacial score (nSPS) is 15.6. The van der Waals surface area contributed by atoms with E-state index >= 15 is 0 Å². The van der Waals surface area contributed by atoms with Crippen molar-refractivity contribution in [3.05, 3.63) is 29.3 Å². The quantitative estimate of drug-likeness (QED) is 0.476. The zero-order valence-corrected chi connectivity index (χ0v) is 11.7. The number of carbonyl (C=O) groups excluding carboxylic acids is 2. The number of carbonyl (C=O) groups is 2. The van der Waals surface area contributed by atoms with Crippen LogP contribution in [0.3, 0.4) is 0 Å². The number of allylic oxidation sites excluding steroid dienone is 1. The summed E-state index contributed by atoms with van der Waals surface area (Å²) in [4.78, 5) is 25.8. The van der Waals surface area contributed by atoms with Crippen molar-refractivity contribution >= 4 is 11.8 Å². The van der Waals surface area contributed by atoms with E-state index in [1.54, 1.807) is 13.1 Å². The number of piperidine rings is 1. The van der Waals surface area contributed by atoms with Crippen LogP contribution in [0.2, 0.25) is 0 Å². The molecule has 1 aliphatic rings. The minimum Gasteiger partial charge on any atom is -0.464 e. The summed E-state index contributed by atoms with van der Waals surface area (Å²) in [7, 11) is 1.24. The molecule has 1 fully saturated rings. The molecule has 20 heavy (non-hydrogen) atoms. The highest BCUT2D eigenvalue weighted by atomic mass is 16.5.